The van der Waals surface area contributed by atoms with Gasteiger partial charge in [-0.25, -0.2) is 12.8 Å². The van der Waals surface area contributed by atoms with E-state index in [9.17, 15) is 17.6 Å². The molecule has 180 valence electrons. The molecule has 0 aliphatic rings. The number of nitrogens with zero attached hydrogens (tertiary/aromatic N) is 1. The van der Waals surface area contributed by atoms with Crippen molar-refractivity contribution in [3.63, 3.8) is 0 Å². The number of rotatable bonds is 11. The summed E-state index contributed by atoms with van der Waals surface area (Å²) < 4.78 is 51.9. The number of amides is 1. The van der Waals surface area contributed by atoms with Crippen LogP contribution < -0.4 is 19.1 Å². The highest BCUT2D eigenvalue weighted by molar-refractivity contribution is 7.92. The summed E-state index contributed by atoms with van der Waals surface area (Å²) >= 11 is 5.83. The zero-order valence-electron chi connectivity index (χ0n) is 18.4. The first kappa shape index (κ1) is 25.3. The van der Waals surface area contributed by atoms with Crippen LogP contribution in [0.4, 0.5) is 10.1 Å². The van der Waals surface area contributed by atoms with Gasteiger partial charge in [-0.1, -0.05) is 11.6 Å². The van der Waals surface area contributed by atoms with Crippen molar-refractivity contribution in [2.45, 2.75) is 11.8 Å². The van der Waals surface area contributed by atoms with Crippen molar-refractivity contribution >= 4 is 33.2 Å². The first-order chi connectivity index (χ1) is 16.3. The molecule has 0 aliphatic heterocycles. The molecule has 3 aromatic rings. The maximum atomic E-state index is 13.4. The number of carbonyl (C=O) groups excluding carboxylic acids is 1. The van der Waals surface area contributed by atoms with E-state index in [0.717, 1.165) is 16.4 Å². The molecule has 0 fully saturated rings. The van der Waals surface area contributed by atoms with Gasteiger partial charge in [-0.3, -0.25) is 9.10 Å². The second-order valence-corrected chi connectivity index (χ2v) is 9.34. The summed E-state index contributed by atoms with van der Waals surface area (Å²) in [5.41, 5.74) is 0.155. The van der Waals surface area contributed by atoms with E-state index in [1.807, 2.05) is 6.92 Å². The van der Waals surface area contributed by atoms with Crippen LogP contribution in [-0.2, 0) is 14.8 Å². The quantitative estimate of drug-likeness (QED) is 0.393. The van der Waals surface area contributed by atoms with Crippen LogP contribution in [0.25, 0.3) is 0 Å². The molecule has 0 atom stereocenters. The summed E-state index contributed by atoms with van der Waals surface area (Å²) in [4.78, 5) is 12.6. The lowest BCUT2D eigenvalue weighted by atomic mass is 10.3. The highest BCUT2D eigenvalue weighted by Crippen LogP contribution is 2.25. The van der Waals surface area contributed by atoms with Gasteiger partial charge in [0.05, 0.1) is 23.7 Å². The predicted molar refractivity (Wildman–Crippen MR) is 128 cm³/mol. The van der Waals surface area contributed by atoms with Crippen LogP contribution in [-0.4, -0.2) is 40.6 Å². The van der Waals surface area contributed by atoms with Gasteiger partial charge in [-0.2, -0.15) is 0 Å². The number of nitrogens with one attached hydrogen (secondary N) is 1. The van der Waals surface area contributed by atoms with E-state index in [-0.39, 0.29) is 23.7 Å². The number of hydrogen-bond acceptors (Lipinski definition) is 5. The van der Waals surface area contributed by atoms with E-state index in [0.29, 0.717) is 23.1 Å². The van der Waals surface area contributed by atoms with E-state index in [1.54, 1.807) is 24.3 Å². The minimum Gasteiger partial charge on any atom is -0.494 e. The van der Waals surface area contributed by atoms with E-state index in [2.05, 4.69) is 5.32 Å². The standard InChI is InChI=1S/C24H24ClFN2O5S/c1-2-32-21-11-13-23(14-12-21)34(30,31)28(20-7-5-19(26)6-8-20)17-24(29)27-15-16-33-22-9-3-18(25)4-10-22/h3-14H,2,15-17H2,1H3,(H,27,29). The van der Waals surface area contributed by atoms with Gasteiger partial charge in [-0.05, 0) is 79.7 Å². The van der Waals surface area contributed by atoms with Gasteiger partial charge in [-0.15, -0.1) is 0 Å². The third-order valence-electron chi connectivity index (χ3n) is 4.63. The maximum Gasteiger partial charge on any atom is 0.264 e. The molecule has 1 N–H and O–H groups in total. The third-order valence-corrected chi connectivity index (χ3v) is 6.67. The highest BCUT2D eigenvalue weighted by atomic mass is 35.5. The summed E-state index contributed by atoms with van der Waals surface area (Å²) in [6.07, 6.45) is 0. The summed E-state index contributed by atoms with van der Waals surface area (Å²) in [6, 6.07) is 17.5. The van der Waals surface area contributed by atoms with Gasteiger partial charge in [0.15, 0.2) is 0 Å². The fraction of sp³-hybridized carbons (Fsp3) is 0.208. The van der Waals surface area contributed by atoms with Crippen LogP contribution in [0.3, 0.4) is 0 Å². The van der Waals surface area contributed by atoms with E-state index < -0.39 is 28.3 Å². The molecule has 3 rings (SSSR count). The topological polar surface area (TPSA) is 84.9 Å². The second kappa shape index (κ2) is 11.7. The van der Waals surface area contributed by atoms with Crippen LogP contribution in [0.2, 0.25) is 5.02 Å². The number of carbonyl (C=O) groups is 1. The highest BCUT2D eigenvalue weighted by Gasteiger charge is 2.27. The molecule has 10 heteroatoms. The van der Waals surface area contributed by atoms with Gasteiger partial charge in [0.2, 0.25) is 5.91 Å². The molecule has 0 saturated carbocycles. The Morgan fingerprint density at radius 2 is 1.53 bits per heavy atom. The summed E-state index contributed by atoms with van der Waals surface area (Å²) in [7, 11) is -4.12. The average Bonchev–Trinajstić information content (AvgIpc) is 2.83. The molecular formula is C24H24ClFN2O5S. The van der Waals surface area contributed by atoms with Crippen LogP contribution >= 0.6 is 11.6 Å². The Morgan fingerprint density at radius 1 is 0.941 bits per heavy atom. The van der Waals surface area contributed by atoms with Crippen molar-refractivity contribution in [1.82, 2.24) is 5.32 Å². The Kier molecular flexibility index (Phi) is 8.72. The third kappa shape index (κ3) is 6.85. The Hall–Kier alpha value is -3.30. The monoisotopic (exact) mass is 506 g/mol. The number of benzene rings is 3. The van der Waals surface area contributed by atoms with Crippen LogP contribution in [0.5, 0.6) is 11.5 Å². The molecule has 7 nitrogen and oxygen atoms in total. The predicted octanol–water partition coefficient (Wildman–Crippen LogP) is 4.27. The second-order valence-electron chi connectivity index (χ2n) is 7.04. The molecule has 0 spiro atoms. The summed E-state index contributed by atoms with van der Waals surface area (Å²) in [5, 5.41) is 3.21. The van der Waals surface area contributed by atoms with Crippen LogP contribution in [0.15, 0.2) is 77.7 Å². The first-order valence-electron chi connectivity index (χ1n) is 10.5. The minimum absolute atomic E-state index is 0.0286. The lowest BCUT2D eigenvalue weighted by molar-refractivity contribution is -0.119. The number of hydrogen-bond donors (Lipinski definition) is 1. The van der Waals surface area contributed by atoms with Crippen molar-refractivity contribution in [2.24, 2.45) is 0 Å². The molecule has 0 saturated heterocycles. The van der Waals surface area contributed by atoms with Crippen LogP contribution in [0.1, 0.15) is 6.92 Å². The van der Waals surface area contributed by atoms with Crippen molar-refractivity contribution in [3.8, 4) is 11.5 Å². The van der Waals surface area contributed by atoms with Crippen molar-refractivity contribution < 1.29 is 27.1 Å². The Labute approximate surface area is 203 Å². The van der Waals surface area contributed by atoms with E-state index in [4.69, 9.17) is 21.1 Å². The fourth-order valence-corrected chi connectivity index (χ4v) is 4.55. The van der Waals surface area contributed by atoms with Gasteiger partial charge < -0.3 is 14.8 Å². The minimum atomic E-state index is -4.12. The van der Waals surface area contributed by atoms with E-state index in [1.165, 1.54) is 36.4 Å². The van der Waals surface area contributed by atoms with Gasteiger partial charge >= 0.3 is 0 Å². The average molecular weight is 507 g/mol. The molecule has 3 aromatic carbocycles. The lowest BCUT2D eigenvalue weighted by Gasteiger charge is -2.24. The number of ether oxygens (including phenoxy) is 2. The van der Waals surface area contributed by atoms with E-state index >= 15 is 0 Å². The number of halogens is 2. The number of anilines is 1. The van der Waals surface area contributed by atoms with Gasteiger partial charge in [0, 0.05) is 5.02 Å². The largest absolute Gasteiger partial charge is 0.494 e. The fourth-order valence-electron chi connectivity index (χ4n) is 3.00. The van der Waals surface area contributed by atoms with Crippen molar-refractivity contribution in [1.29, 1.82) is 0 Å². The molecule has 0 radical (unpaired) electrons. The molecule has 34 heavy (non-hydrogen) atoms. The molecule has 0 bridgehead atoms. The lowest BCUT2D eigenvalue weighted by Crippen LogP contribution is -2.41. The zero-order chi connectivity index (χ0) is 24.6. The Balaban J connectivity index is 1.70. The molecule has 0 unspecified atom stereocenters. The molecule has 1 amide bonds. The van der Waals surface area contributed by atoms with Crippen molar-refractivity contribution in [2.75, 3.05) is 30.6 Å². The SMILES string of the molecule is CCOc1ccc(S(=O)(=O)N(CC(=O)NCCOc2ccc(Cl)cc2)c2ccc(F)cc2)cc1. The molecular weight excluding hydrogens is 483 g/mol. The summed E-state index contributed by atoms with van der Waals surface area (Å²) in [6.45, 7) is 2.09. The number of sulfonamides is 1. The van der Waals surface area contributed by atoms with Gasteiger partial charge in [0.1, 0.15) is 30.5 Å². The maximum absolute atomic E-state index is 13.4. The molecule has 0 aliphatic carbocycles. The van der Waals surface area contributed by atoms with Crippen LogP contribution in [0, 0.1) is 5.82 Å². The molecule has 0 aromatic heterocycles. The smallest absolute Gasteiger partial charge is 0.264 e. The van der Waals surface area contributed by atoms with Gasteiger partial charge in [0.25, 0.3) is 10.0 Å². The zero-order valence-corrected chi connectivity index (χ0v) is 20.0. The normalized spacial score (nSPS) is 11.0. The Morgan fingerprint density at radius 3 is 2.15 bits per heavy atom. The Bertz CT molecular complexity index is 1190. The molecule has 0 heterocycles. The van der Waals surface area contributed by atoms with Crippen molar-refractivity contribution in [3.05, 3.63) is 83.6 Å². The first-order valence-corrected chi connectivity index (χ1v) is 12.3. The summed E-state index contributed by atoms with van der Waals surface area (Å²) in [5.74, 6) is 0.0439.